The lowest BCUT2D eigenvalue weighted by Crippen LogP contribution is -2.44. The molecule has 1 amide bonds. The van der Waals surface area contributed by atoms with Gasteiger partial charge in [0, 0.05) is 19.2 Å². The highest BCUT2D eigenvalue weighted by Gasteiger charge is 2.35. The van der Waals surface area contributed by atoms with Crippen molar-refractivity contribution in [2.24, 2.45) is 0 Å². The minimum Gasteiger partial charge on any atom is -0.474 e. The molecule has 0 bridgehead atoms. The van der Waals surface area contributed by atoms with E-state index in [0.717, 1.165) is 0 Å². The molecule has 1 aromatic carbocycles. The van der Waals surface area contributed by atoms with Gasteiger partial charge in [0.05, 0.1) is 16.4 Å². The third-order valence-electron chi connectivity index (χ3n) is 4.07. The van der Waals surface area contributed by atoms with Gasteiger partial charge < -0.3 is 9.64 Å². The number of hydrogen-bond donors (Lipinski definition) is 0. The number of likely N-dealkylation sites (N-methyl/N-ethyl adjacent to an activating group) is 1. The van der Waals surface area contributed by atoms with Crippen molar-refractivity contribution in [2.75, 3.05) is 18.6 Å². The second-order valence-electron chi connectivity index (χ2n) is 5.99. The van der Waals surface area contributed by atoms with E-state index in [0.29, 0.717) is 12.0 Å². The molecule has 0 N–H and O–H groups in total. The molecule has 1 heterocycles. The van der Waals surface area contributed by atoms with Crippen LogP contribution < -0.4 is 4.74 Å². The Kier molecular flexibility index (Phi) is 5.12. The molecular formula is C15H20N2O6S. The van der Waals surface area contributed by atoms with Crippen LogP contribution in [-0.4, -0.2) is 54.8 Å². The molecule has 1 saturated heterocycles. The van der Waals surface area contributed by atoms with E-state index in [1.807, 2.05) is 0 Å². The molecule has 0 saturated carbocycles. The van der Waals surface area contributed by atoms with E-state index in [9.17, 15) is 23.3 Å². The number of nitrogens with zero attached hydrogens (tertiary/aromatic N) is 2. The second-order valence-corrected chi connectivity index (χ2v) is 8.22. The molecule has 0 radical (unpaired) electrons. The van der Waals surface area contributed by atoms with Crippen LogP contribution in [0.4, 0.5) is 5.69 Å². The Hall–Kier alpha value is -2.16. The average Bonchev–Trinajstić information content (AvgIpc) is 2.87. The molecule has 24 heavy (non-hydrogen) atoms. The Morgan fingerprint density at radius 1 is 1.46 bits per heavy atom. The summed E-state index contributed by atoms with van der Waals surface area (Å²) in [5, 5.41) is 11.1. The highest BCUT2D eigenvalue weighted by atomic mass is 32.2. The third-order valence-corrected chi connectivity index (χ3v) is 5.82. The van der Waals surface area contributed by atoms with Gasteiger partial charge in [-0.2, -0.15) is 0 Å². The number of benzene rings is 1. The zero-order valence-electron chi connectivity index (χ0n) is 13.8. The number of rotatable bonds is 5. The zero-order chi connectivity index (χ0) is 18.1. The maximum Gasteiger partial charge on any atom is 0.311 e. The number of ether oxygens (including phenoxy) is 1. The maximum absolute atomic E-state index is 12.4. The van der Waals surface area contributed by atoms with Gasteiger partial charge in [-0.05, 0) is 31.9 Å². The monoisotopic (exact) mass is 356 g/mol. The normalized spacial score (nSPS) is 20.4. The van der Waals surface area contributed by atoms with Gasteiger partial charge in [0.1, 0.15) is 0 Å². The number of carbonyl (C=O) groups is 1. The van der Waals surface area contributed by atoms with Crippen LogP contribution in [0, 0.1) is 17.0 Å². The predicted octanol–water partition coefficient (Wildman–Crippen LogP) is 1.32. The summed E-state index contributed by atoms with van der Waals surface area (Å²) in [7, 11) is -1.58. The smallest absolute Gasteiger partial charge is 0.311 e. The molecule has 1 aliphatic rings. The van der Waals surface area contributed by atoms with Gasteiger partial charge in [0.25, 0.3) is 5.91 Å². The summed E-state index contributed by atoms with van der Waals surface area (Å²) in [4.78, 5) is 24.3. The van der Waals surface area contributed by atoms with Crippen molar-refractivity contribution < 1.29 is 22.9 Å². The number of carbonyl (C=O) groups excluding carboxylic acids is 1. The Bertz CT molecular complexity index is 761. The molecule has 0 aliphatic carbocycles. The number of nitro benzene ring substituents is 1. The van der Waals surface area contributed by atoms with Crippen molar-refractivity contribution in [2.45, 2.75) is 32.4 Å². The summed E-state index contributed by atoms with van der Waals surface area (Å²) in [6.07, 6.45) is -0.568. The molecule has 9 heteroatoms. The van der Waals surface area contributed by atoms with E-state index in [1.54, 1.807) is 13.0 Å². The Labute approximate surface area is 140 Å². The van der Waals surface area contributed by atoms with Crippen molar-refractivity contribution in [3.8, 4) is 5.75 Å². The first-order valence-corrected chi connectivity index (χ1v) is 9.31. The minimum absolute atomic E-state index is 0.0129. The quantitative estimate of drug-likeness (QED) is 0.582. The molecule has 1 aliphatic heterocycles. The molecule has 2 rings (SSSR count). The lowest BCUT2D eigenvalue weighted by Gasteiger charge is -2.26. The fourth-order valence-electron chi connectivity index (χ4n) is 2.66. The van der Waals surface area contributed by atoms with Gasteiger partial charge in [-0.25, -0.2) is 8.42 Å². The standard InChI is InChI=1S/C15H20N2O6S/c1-10-4-5-14(13(8-10)17(19)20)23-11(2)15(18)16(3)12-6-7-24(21,22)9-12/h4-5,8,11-12H,6-7,9H2,1-3H3/t11-,12+/m0/s1. The van der Waals surface area contributed by atoms with Crippen LogP contribution in [0.1, 0.15) is 18.9 Å². The van der Waals surface area contributed by atoms with Gasteiger partial charge in [-0.15, -0.1) is 0 Å². The van der Waals surface area contributed by atoms with Crippen LogP contribution in [-0.2, 0) is 14.6 Å². The Morgan fingerprint density at radius 3 is 2.67 bits per heavy atom. The molecule has 1 fully saturated rings. The summed E-state index contributed by atoms with van der Waals surface area (Å²) >= 11 is 0. The Morgan fingerprint density at radius 2 is 2.12 bits per heavy atom. The number of amides is 1. The van der Waals surface area contributed by atoms with E-state index in [1.165, 1.54) is 31.0 Å². The highest BCUT2D eigenvalue weighted by Crippen LogP contribution is 2.29. The molecule has 8 nitrogen and oxygen atoms in total. The van der Waals surface area contributed by atoms with Crippen LogP contribution in [0.3, 0.4) is 0 Å². The largest absolute Gasteiger partial charge is 0.474 e. The topological polar surface area (TPSA) is 107 Å². The van der Waals surface area contributed by atoms with Crippen molar-refractivity contribution >= 4 is 21.4 Å². The summed E-state index contributed by atoms with van der Waals surface area (Å²) in [5.74, 6) is -0.397. The molecule has 0 unspecified atom stereocenters. The van der Waals surface area contributed by atoms with E-state index in [-0.39, 0.29) is 29.0 Å². The molecule has 132 valence electrons. The first-order valence-electron chi connectivity index (χ1n) is 7.49. The van der Waals surface area contributed by atoms with Crippen LogP contribution in [0.15, 0.2) is 18.2 Å². The molecule has 0 spiro atoms. The third kappa shape index (κ3) is 4.02. The number of nitro groups is 1. The van der Waals surface area contributed by atoms with Crippen molar-refractivity contribution in [1.82, 2.24) is 4.90 Å². The van der Waals surface area contributed by atoms with Crippen molar-refractivity contribution in [3.63, 3.8) is 0 Å². The van der Waals surface area contributed by atoms with Gasteiger partial charge in [0.15, 0.2) is 21.7 Å². The van der Waals surface area contributed by atoms with Gasteiger partial charge in [0.2, 0.25) is 0 Å². The first kappa shape index (κ1) is 18.2. The molecular weight excluding hydrogens is 336 g/mol. The van der Waals surface area contributed by atoms with E-state index in [4.69, 9.17) is 4.74 Å². The van der Waals surface area contributed by atoms with Crippen LogP contribution in [0.25, 0.3) is 0 Å². The second kappa shape index (κ2) is 6.76. The van der Waals surface area contributed by atoms with Crippen LogP contribution >= 0.6 is 0 Å². The fraction of sp³-hybridized carbons (Fsp3) is 0.533. The maximum atomic E-state index is 12.4. The lowest BCUT2D eigenvalue weighted by atomic mass is 10.2. The highest BCUT2D eigenvalue weighted by molar-refractivity contribution is 7.91. The zero-order valence-corrected chi connectivity index (χ0v) is 14.6. The number of hydrogen-bond acceptors (Lipinski definition) is 6. The average molecular weight is 356 g/mol. The first-order chi connectivity index (χ1) is 11.1. The van der Waals surface area contributed by atoms with Crippen LogP contribution in [0.2, 0.25) is 0 Å². The van der Waals surface area contributed by atoms with E-state index < -0.39 is 26.8 Å². The number of sulfone groups is 1. The fourth-order valence-corrected chi connectivity index (χ4v) is 4.43. The SMILES string of the molecule is Cc1ccc(O[C@@H](C)C(=O)N(C)[C@@H]2CCS(=O)(=O)C2)c([N+](=O)[O-])c1. The van der Waals surface area contributed by atoms with Gasteiger partial charge in [-0.1, -0.05) is 6.07 Å². The van der Waals surface area contributed by atoms with E-state index >= 15 is 0 Å². The van der Waals surface area contributed by atoms with E-state index in [2.05, 4.69) is 0 Å². The Balaban J connectivity index is 2.11. The summed E-state index contributed by atoms with van der Waals surface area (Å²) in [6.45, 7) is 3.21. The van der Waals surface area contributed by atoms with Crippen LogP contribution in [0.5, 0.6) is 5.75 Å². The molecule has 1 aromatic rings. The summed E-state index contributed by atoms with van der Waals surface area (Å²) in [6, 6.07) is 4.10. The van der Waals surface area contributed by atoms with Gasteiger partial charge in [-0.3, -0.25) is 14.9 Å². The van der Waals surface area contributed by atoms with Crippen molar-refractivity contribution in [3.05, 3.63) is 33.9 Å². The lowest BCUT2D eigenvalue weighted by molar-refractivity contribution is -0.386. The minimum atomic E-state index is -3.11. The number of aryl methyl sites for hydroxylation is 1. The van der Waals surface area contributed by atoms with Gasteiger partial charge >= 0.3 is 5.69 Å². The summed E-state index contributed by atoms with van der Waals surface area (Å²) in [5.41, 5.74) is 0.502. The predicted molar refractivity (Wildman–Crippen MR) is 87.8 cm³/mol. The molecule has 0 aromatic heterocycles. The molecule has 2 atom stereocenters. The van der Waals surface area contributed by atoms with Crippen molar-refractivity contribution in [1.29, 1.82) is 0 Å². The summed E-state index contributed by atoms with van der Waals surface area (Å²) < 4.78 is 28.5.